The van der Waals surface area contributed by atoms with Gasteiger partial charge in [-0.1, -0.05) is 19.9 Å². The van der Waals surface area contributed by atoms with E-state index in [2.05, 4.69) is 19.2 Å². The van der Waals surface area contributed by atoms with Crippen LogP contribution >= 0.6 is 0 Å². The topological polar surface area (TPSA) is 29.1 Å². The number of amides is 1. The van der Waals surface area contributed by atoms with Crippen LogP contribution in [0.2, 0.25) is 0 Å². The molecule has 1 aromatic carbocycles. The minimum absolute atomic E-state index is 0.0476. The fourth-order valence-corrected chi connectivity index (χ4v) is 2.81. The Hall–Kier alpha value is -1.45. The van der Waals surface area contributed by atoms with Crippen molar-refractivity contribution in [1.29, 1.82) is 0 Å². The molecular formula is C15H19F2NO. The summed E-state index contributed by atoms with van der Waals surface area (Å²) in [5.74, 6) is -1.56. The number of benzene rings is 1. The fourth-order valence-electron chi connectivity index (χ4n) is 2.81. The summed E-state index contributed by atoms with van der Waals surface area (Å²) in [6.07, 6.45) is 3.00. The molecule has 0 aromatic heterocycles. The van der Waals surface area contributed by atoms with Gasteiger partial charge in [-0.3, -0.25) is 4.79 Å². The molecule has 104 valence electrons. The number of hydrogen-bond acceptors (Lipinski definition) is 1. The SMILES string of the molecule is CC1CCC(NC(=O)c2cccc(F)c2F)C(C)C1. The van der Waals surface area contributed by atoms with Gasteiger partial charge in [0.1, 0.15) is 0 Å². The Morgan fingerprint density at radius 3 is 2.68 bits per heavy atom. The molecule has 4 heteroatoms. The Balaban J connectivity index is 2.07. The second kappa shape index (κ2) is 5.68. The molecule has 1 N–H and O–H groups in total. The van der Waals surface area contributed by atoms with Crippen molar-refractivity contribution in [1.82, 2.24) is 5.32 Å². The Bertz CT molecular complexity index is 475. The fraction of sp³-hybridized carbons (Fsp3) is 0.533. The summed E-state index contributed by atoms with van der Waals surface area (Å²) in [4.78, 5) is 12.0. The van der Waals surface area contributed by atoms with E-state index in [9.17, 15) is 13.6 Å². The average Bonchev–Trinajstić information content (AvgIpc) is 2.36. The largest absolute Gasteiger partial charge is 0.349 e. The highest BCUT2D eigenvalue weighted by atomic mass is 19.2. The highest BCUT2D eigenvalue weighted by molar-refractivity contribution is 5.94. The molecule has 0 spiro atoms. The van der Waals surface area contributed by atoms with Crippen molar-refractivity contribution >= 4 is 5.91 Å². The quantitative estimate of drug-likeness (QED) is 0.872. The van der Waals surface area contributed by atoms with E-state index in [4.69, 9.17) is 0 Å². The molecule has 1 amide bonds. The van der Waals surface area contributed by atoms with E-state index in [1.165, 1.54) is 12.1 Å². The van der Waals surface area contributed by atoms with Gasteiger partial charge >= 0.3 is 0 Å². The number of carbonyl (C=O) groups is 1. The first-order chi connectivity index (χ1) is 8.99. The Morgan fingerprint density at radius 1 is 1.26 bits per heavy atom. The van der Waals surface area contributed by atoms with Crippen LogP contribution in [0.1, 0.15) is 43.5 Å². The normalized spacial score (nSPS) is 27.1. The monoisotopic (exact) mass is 267 g/mol. The average molecular weight is 267 g/mol. The lowest BCUT2D eigenvalue weighted by Crippen LogP contribution is -2.42. The van der Waals surface area contributed by atoms with Gasteiger partial charge in [0.05, 0.1) is 5.56 Å². The van der Waals surface area contributed by atoms with Crippen LogP contribution in [0.3, 0.4) is 0 Å². The maximum absolute atomic E-state index is 13.5. The third-order valence-electron chi connectivity index (χ3n) is 3.94. The van der Waals surface area contributed by atoms with Crippen LogP contribution in [0.4, 0.5) is 8.78 Å². The van der Waals surface area contributed by atoms with Gasteiger partial charge in [-0.2, -0.15) is 0 Å². The predicted octanol–water partition coefficient (Wildman–Crippen LogP) is 3.52. The van der Waals surface area contributed by atoms with Crippen molar-refractivity contribution in [2.24, 2.45) is 11.8 Å². The van der Waals surface area contributed by atoms with Crippen molar-refractivity contribution in [3.63, 3.8) is 0 Å². The lowest BCUT2D eigenvalue weighted by atomic mass is 9.80. The predicted molar refractivity (Wildman–Crippen MR) is 69.8 cm³/mol. The first-order valence-electron chi connectivity index (χ1n) is 6.74. The highest BCUT2D eigenvalue weighted by Gasteiger charge is 2.27. The third-order valence-corrected chi connectivity index (χ3v) is 3.94. The Kier molecular flexibility index (Phi) is 4.17. The second-order valence-electron chi connectivity index (χ2n) is 5.58. The van der Waals surface area contributed by atoms with Crippen molar-refractivity contribution in [3.05, 3.63) is 35.4 Å². The molecule has 1 aromatic rings. The number of nitrogens with one attached hydrogen (secondary N) is 1. The zero-order valence-electron chi connectivity index (χ0n) is 11.2. The molecule has 2 rings (SSSR count). The van der Waals surface area contributed by atoms with Crippen LogP contribution in [0.15, 0.2) is 18.2 Å². The Labute approximate surface area is 112 Å². The minimum atomic E-state index is -1.07. The molecule has 1 saturated carbocycles. The molecule has 0 aliphatic heterocycles. The van der Waals surface area contributed by atoms with Gasteiger partial charge in [0.25, 0.3) is 5.91 Å². The summed E-state index contributed by atoms with van der Waals surface area (Å²) in [6.45, 7) is 4.28. The van der Waals surface area contributed by atoms with Crippen LogP contribution in [-0.4, -0.2) is 11.9 Å². The molecular weight excluding hydrogens is 248 g/mol. The van der Waals surface area contributed by atoms with Crippen molar-refractivity contribution in [2.75, 3.05) is 0 Å². The van der Waals surface area contributed by atoms with Gasteiger partial charge < -0.3 is 5.32 Å². The molecule has 3 unspecified atom stereocenters. The summed E-state index contributed by atoms with van der Waals surface area (Å²) in [6, 6.07) is 3.71. The van der Waals surface area contributed by atoms with E-state index in [-0.39, 0.29) is 11.6 Å². The van der Waals surface area contributed by atoms with Crippen molar-refractivity contribution in [3.8, 4) is 0 Å². The van der Waals surface area contributed by atoms with Crippen molar-refractivity contribution < 1.29 is 13.6 Å². The van der Waals surface area contributed by atoms with E-state index in [1.54, 1.807) is 0 Å². The zero-order chi connectivity index (χ0) is 14.0. The number of rotatable bonds is 2. The number of hydrogen-bond donors (Lipinski definition) is 1. The van der Waals surface area contributed by atoms with Gasteiger partial charge in [-0.15, -0.1) is 0 Å². The summed E-state index contributed by atoms with van der Waals surface area (Å²) in [7, 11) is 0. The van der Waals surface area contributed by atoms with Crippen LogP contribution in [0, 0.1) is 23.5 Å². The lowest BCUT2D eigenvalue weighted by Gasteiger charge is -2.33. The van der Waals surface area contributed by atoms with E-state index >= 15 is 0 Å². The van der Waals surface area contributed by atoms with E-state index in [1.807, 2.05) is 0 Å². The maximum atomic E-state index is 13.5. The molecule has 0 radical (unpaired) electrons. The zero-order valence-corrected chi connectivity index (χ0v) is 11.2. The van der Waals surface area contributed by atoms with Gasteiger partial charge in [0, 0.05) is 6.04 Å². The molecule has 0 heterocycles. The Morgan fingerprint density at radius 2 is 2.00 bits per heavy atom. The van der Waals surface area contributed by atoms with E-state index in [0.717, 1.165) is 25.3 Å². The summed E-state index contributed by atoms with van der Waals surface area (Å²) in [5, 5.41) is 2.83. The van der Waals surface area contributed by atoms with Crippen LogP contribution in [-0.2, 0) is 0 Å². The van der Waals surface area contributed by atoms with E-state index < -0.39 is 17.5 Å². The van der Waals surface area contributed by atoms with Gasteiger partial charge in [-0.25, -0.2) is 8.78 Å². The number of halogens is 2. The molecule has 2 nitrogen and oxygen atoms in total. The summed E-state index contributed by atoms with van der Waals surface area (Å²) >= 11 is 0. The van der Waals surface area contributed by atoms with Gasteiger partial charge in [0.2, 0.25) is 0 Å². The standard InChI is InChI=1S/C15H19F2NO/c1-9-6-7-13(10(2)8-9)18-15(19)11-4-3-5-12(16)14(11)17/h3-5,9-10,13H,6-8H2,1-2H3,(H,18,19). The summed E-state index contributed by atoms with van der Waals surface area (Å²) in [5.41, 5.74) is -0.217. The smallest absolute Gasteiger partial charge is 0.254 e. The van der Waals surface area contributed by atoms with E-state index in [0.29, 0.717) is 11.8 Å². The molecule has 0 saturated heterocycles. The minimum Gasteiger partial charge on any atom is -0.349 e. The second-order valence-corrected chi connectivity index (χ2v) is 5.58. The van der Waals surface area contributed by atoms with Gasteiger partial charge in [-0.05, 0) is 43.2 Å². The van der Waals surface area contributed by atoms with Crippen LogP contribution < -0.4 is 5.32 Å². The lowest BCUT2D eigenvalue weighted by molar-refractivity contribution is 0.0894. The molecule has 19 heavy (non-hydrogen) atoms. The number of carbonyl (C=O) groups excluding carboxylic acids is 1. The molecule has 1 aliphatic carbocycles. The molecule has 0 bridgehead atoms. The van der Waals surface area contributed by atoms with Crippen LogP contribution in [0.25, 0.3) is 0 Å². The first-order valence-corrected chi connectivity index (χ1v) is 6.74. The molecule has 1 aliphatic rings. The first kappa shape index (κ1) is 14.0. The third kappa shape index (κ3) is 3.11. The molecule has 1 fully saturated rings. The maximum Gasteiger partial charge on any atom is 0.254 e. The van der Waals surface area contributed by atoms with Gasteiger partial charge in [0.15, 0.2) is 11.6 Å². The highest BCUT2D eigenvalue weighted by Crippen LogP contribution is 2.28. The summed E-state index contributed by atoms with van der Waals surface area (Å²) < 4.78 is 26.6. The van der Waals surface area contributed by atoms with Crippen molar-refractivity contribution in [2.45, 2.75) is 39.2 Å². The van der Waals surface area contributed by atoms with Crippen LogP contribution in [0.5, 0.6) is 0 Å². The molecule has 3 atom stereocenters.